The molecule has 7 nitrogen and oxygen atoms in total. The highest BCUT2D eigenvalue weighted by molar-refractivity contribution is 7.21. The van der Waals surface area contributed by atoms with Crippen LogP contribution in [0.15, 0.2) is 82.0 Å². The van der Waals surface area contributed by atoms with Gasteiger partial charge in [0, 0.05) is 6.07 Å². The average Bonchev–Trinajstić information content (AvgIpc) is 3.45. The molecule has 32 heavy (non-hydrogen) atoms. The van der Waals surface area contributed by atoms with Gasteiger partial charge in [-0.1, -0.05) is 12.1 Å². The highest BCUT2D eigenvalue weighted by Crippen LogP contribution is 2.31. The molecule has 5 rings (SSSR count). The van der Waals surface area contributed by atoms with E-state index < -0.39 is 17.3 Å². The summed E-state index contributed by atoms with van der Waals surface area (Å²) in [5.41, 5.74) is 0.880. The summed E-state index contributed by atoms with van der Waals surface area (Å²) in [5, 5.41) is 7.58. The van der Waals surface area contributed by atoms with E-state index in [1.807, 2.05) is 30.3 Å². The Bertz CT molecular complexity index is 1450. The van der Waals surface area contributed by atoms with Crippen molar-refractivity contribution in [3.8, 4) is 16.5 Å². The Morgan fingerprint density at radius 2 is 1.84 bits per heavy atom. The first-order valence-corrected chi connectivity index (χ1v) is 10.5. The average molecular weight is 446 g/mol. The quantitative estimate of drug-likeness (QED) is 0.438. The summed E-state index contributed by atoms with van der Waals surface area (Å²) in [6.45, 7) is 0.140. The van der Waals surface area contributed by atoms with Gasteiger partial charge in [0.2, 0.25) is 0 Å². The van der Waals surface area contributed by atoms with Gasteiger partial charge >= 0.3 is 0 Å². The van der Waals surface area contributed by atoms with E-state index in [0.717, 1.165) is 19.9 Å². The van der Waals surface area contributed by atoms with Crippen LogP contribution in [-0.4, -0.2) is 20.7 Å². The van der Waals surface area contributed by atoms with Crippen LogP contribution in [0.5, 0.6) is 0 Å². The number of hydrogen-bond acceptors (Lipinski definition) is 6. The molecular weight excluding hydrogens is 431 g/mol. The molecule has 0 radical (unpaired) electrons. The maximum Gasteiger partial charge on any atom is 0.272 e. The number of fused-ring (bicyclic) bond motifs is 1. The van der Waals surface area contributed by atoms with E-state index in [-0.39, 0.29) is 12.2 Å². The lowest BCUT2D eigenvalue weighted by Gasteiger charge is -2.07. The van der Waals surface area contributed by atoms with Gasteiger partial charge in [0.15, 0.2) is 10.8 Å². The van der Waals surface area contributed by atoms with E-state index in [1.54, 1.807) is 6.07 Å². The molecule has 0 aliphatic carbocycles. The molecule has 0 saturated carbocycles. The molecule has 0 unspecified atom stereocenters. The molecule has 0 aliphatic rings. The Labute approximate surface area is 184 Å². The predicted octanol–water partition coefficient (Wildman–Crippen LogP) is 4.17. The molecule has 1 N–H and O–H groups in total. The number of rotatable bonds is 5. The summed E-state index contributed by atoms with van der Waals surface area (Å²) >= 11 is 1.53. The van der Waals surface area contributed by atoms with Gasteiger partial charge in [-0.25, -0.2) is 9.37 Å². The molecule has 0 atom stereocenters. The van der Waals surface area contributed by atoms with Crippen LogP contribution in [0.3, 0.4) is 0 Å². The van der Waals surface area contributed by atoms with Crippen molar-refractivity contribution in [1.82, 2.24) is 20.1 Å². The van der Waals surface area contributed by atoms with Gasteiger partial charge in [-0.2, -0.15) is 9.78 Å². The van der Waals surface area contributed by atoms with Crippen LogP contribution in [0, 0.1) is 5.82 Å². The standard InChI is InChI=1S/C23H15FN4O3S/c24-14-5-7-15(8-6-14)28-21(29)12-10-18(27-28)22(30)25-13-16-9-11-19(31-16)23-26-17-3-1-2-4-20(17)32-23/h1-12H,13H2,(H,25,30). The van der Waals surface area contributed by atoms with Crippen LogP contribution in [-0.2, 0) is 6.54 Å². The highest BCUT2D eigenvalue weighted by Gasteiger charge is 2.14. The maximum absolute atomic E-state index is 13.2. The molecule has 2 aromatic carbocycles. The van der Waals surface area contributed by atoms with Crippen LogP contribution >= 0.6 is 11.3 Å². The maximum atomic E-state index is 13.2. The topological polar surface area (TPSA) is 90.0 Å². The first-order chi connectivity index (χ1) is 15.6. The summed E-state index contributed by atoms with van der Waals surface area (Å²) in [4.78, 5) is 29.2. The SMILES string of the molecule is O=C(NCc1ccc(-c2nc3ccccc3s2)o1)c1ccc(=O)n(-c2ccc(F)cc2)n1. The van der Waals surface area contributed by atoms with E-state index >= 15 is 0 Å². The van der Waals surface area contributed by atoms with Crippen LogP contribution in [0.25, 0.3) is 26.7 Å². The minimum Gasteiger partial charge on any atom is -0.457 e. The molecule has 0 bridgehead atoms. The summed E-state index contributed by atoms with van der Waals surface area (Å²) < 4.78 is 21.1. The van der Waals surface area contributed by atoms with Crippen molar-refractivity contribution < 1.29 is 13.6 Å². The Hall–Kier alpha value is -4.11. The Morgan fingerprint density at radius 1 is 1.03 bits per heavy atom. The Morgan fingerprint density at radius 3 is 2.66 bits per heavy atom. The van der Waals surface area contributed by atoms with Crippen LogP contribution in [0.2, 0.25) is 0 Å². The number of carbonyl (C=O) groups is 1. The second-order valence-corrected chi connectivity index (χ2v) is 7.91. The number of thiazole rings is 1. The summed E-state index contributed by atoms with van der Waals surface area (Å²) in [5.74, 6) is 0.274. The normalized spacial score (nSPS) is 11.0. The number of nitrogens with zero attached hydrogens (tertiary/aromatic N) is 3. The third-order valence-electron chi connectivity index (χ3n) is 4.69. The Balaban J connectivity index is 1.30. The Kier molecular flexibility index (Phi) is 5.08. The van der Waals surface area contributed by atoms with Gasteiger partial charge < -0.3 is 9.73 Å². The second kappa shape index (κ2) is 8.20. The van der Waals surface area contributed by atoms with Gasteiger partial charge in [0.1, 0.15) is 17.3 Å². The van der Waals surface area contributed by atoms with Crippen molar-refractivity contribution in [3.63, 3.8) is 0 Å². The van der Waals surface area contributed by atoms with E-state index in [9.17, 15) is 14.0 Å². The highest BCUT2D eigenvalue weighted by atomic mass is 32.1. The first kappa shape index (κ1) is 19.8. The van der Waals surface area contributed by atoms with Crippen molar-refractivity contribution in [3.05, 3.63) is 100 Å². The third kappa shape index (κ3) is 3.93. The molecule has 0 saturated heterocycles. The minimum atomic E-state index is -0.473. The molecule has 0 spiro atoms. The number of carbonyl (C=O) groups excluding carboxylic acids is 1. The number of nitrogens with one attached hydrogen (secondary N) is 1. The van der Waals surface area contributed by atoms with Gasteiger partial charge in [-0.05, 0) is 54.6 Å². The fraction of sp³-hybridized carbons (Fsp3) is 0.0435. The van der Waals surface area contributed by atoms with E-state index in [2.05, 4.69) is 15.4 Å². The van der Waals surface area contributed by atoms with Crippen LogP contribution in [0.1, 0.15) is 16.2 Å². The largest absolute Gasteiger partial charge is 0.457 e. The zero-order valence-corrected chi connectivity index (χ0v) is 17.3. The molecular formula is C23H15FN4O3S. The summed E-state index contributed by atoms with van der Waals surface area (Å²) in [7, 11) is 0. The predicted molar refractivity (Wildman–Crippen MR) is 118 cm³/mol. The number of halogens is 1. The second-order valence-electron chi connectivity index (χ2n) is 6.88. The fourth-order valence-electron chi connectivity index (χ4n) is 3.12. The van der Waals surface area contributed by atoms with Gasteiger partial charge in [-0.15, -0.1) is 11.3 Å². The molecule has 158 valence electrons. The van der Waals surface area contributed by atoms with E-state index in [4.69, 9.17) is 4.42 Å². The van der Waals surface area contributed by atoms with Gasteiger partial charge in [0.05, 0.1) is 22.4 Å². The van der Waals surface area contributed by atoms with E-state index in [0.29, 0.717) is 17.2 Å². The first-order valence-electron chi connectivity index (χ1n) is 9.66. The van der Waals surface area contributed by atoms with Crippen LogP contribution < -0.4 is 10.9 Å². The molecule has 1 amide bonds. The zero-order chi connectivity index (χ0) is 22.1. The zero-order valence-electron chi connectivity index (χ0n) is 16.5. The monoisotopic (exact) mass is 446 g/mol. The van der Waals surface area contributed by atoms with Crippen molar-refractivity contribution in [1.29, 1.82) is 0 Å². The molecule has 5 aromatic rings. The number of furan rings is 1. The van der Waals surface area contributed by atoms with Gasteiger partial charge in [-0.3, -0.25) is 9.59 Å². The molecule has 0 aliphatic heterocycles. The lowest BCUT2D eigenvalue weighted by Crippen LogP contribution is -2.28. The smallest absolute Gasteiger partial charge is 0.272 e. The van der Waals surface area contributed by atoms with E-state index in [1.165, 1.54) is 47.7 Å². The fourth-order valence-corrected chi connectivity index (χ4v) is 4.05. The summed E-state index contributed by atoms with van der Waals surface area (Å²) in [6.07, 6.45) is 0. The summed E-state index contributed by atoms with van der Waals surface area (Å²) in [6, 6.07) is 19.3. The third-order valence-corrected chi connectivity index (χ3v) is 5.74. The molecule has 3 heterocycles. The van der Waals surface area contributed by atoms with Crippen molar-refractivity contribution in [2.45, 2.75) is 6.54 Å². The number of para-hydroxylation sites is 1. The van der Waals surface area contributed by atoms with Crippen LogP contribution in [0.4, 0.5) is 4.39 Å². The number of amides is 1. The van der Waals surface area contributed by atoms with Crippen molar-refractivity contribution in [2.75, 3.05) is 0 Å². The lowest BCUT2D eigenvalue weighted by molar-refractivity contribution is 0.0941. The van der Waals surface area contributed by atoms with Gasteiger partial charge in [0.25, 0.3) is 11.5 Å². The number of aromatic nitrogens is 3. The molecule has 3 aromatic heterocycles. The van der Waals surface area contributed by atoms with Crippen molar-refractivity contribution >= 4 is 27.5 Å². The van der Waals surface area contributed by atoms with Crippen molar-refractivity contribution in [2.24, 2.45) is 0 Å². The molecule has 0 fully saturated rings. The lowest BCUT2D eigenvalue weighted by atomic mass is 10.3. The molecule has 9 heteroatoms. The minimum absolute atomic E-state index is 0.0480. The number of benzene rings is 2. The number of hydrogen-bond donors (Lipinski definition) is 1.